The molecule has 18 atom stereocenters. The number of likely N-dealkylation sites (N-methyl/N-ethyl adjacent to an activating group) is 1. The van der Waals surface area contributed by atoms with Gasteiger partial charge in [-0.05, 0) is 202 Å². The van der Waals surface area contributed by atoms with Gasteiger partial charge in [-0.1, -0.05) is 75.5 Å². The Morgan fingerprint density at radius 2 is 1.36 bits per heavy atom. The third kappa shape index (κ3) is 21.2. The van der Waals surface area contributed by atoms with E-state index in [1.54, 1.807) is 26.1 Å². The van der Waals surface area contributed by atoms with E-state index >= 15 is 33.6 Å². The molecule has 700 valence electrons. The molecule has 17 rings (SSSR count). The highest BCUT2D eigenvalue weighted by Gasteiger charge is 2.53. The number of nitrogens with one attached hydrogen (secondary N) is 7. The molecule has 0 unspecified atom stereocenters. The monoisotopic (exact) mass is 1840 g/mol. The van der Waals surface area contributed by atoms with E-state index in [0.717, 1.165) is 74.9 Å². The minimum atomic E-state index is -2.28. The molecule has 0 radical (unpaired) electrons. The summed E-state index contributed by atoms with van der Waals surface area (Å²) in [6.45, 7) is 10.4. The minimum Gasteiger partial charge on any atom is -0.508 e. The van der Waals surface area contributed by atoms with Crippen LogP contribution in [0.4, 0.5) is 10.5 Å². The van der Waals surface area contributed by atoms with Crippen LogP contribution in [0.1, 0.15) is 189 Å². The lowest BCUT2D eigenvalue weighted by molar-refractivity contribution is -0.333. The molecular weight excluding hydrogens is 1730 g/mol. The van der Waals surface area contributed by atoms with Gasteiger partial charge in [0.05, 0.1) is 53.0 Å². The predicted octanol–water partition coefficient (Wildman–Crippen LogP) is 9.11. The molecule has 18 N–H and O–H groups in total. The maximum absolute atomic E-state index is 16.9. The van der Waals surface area contributed by atoms with E-state index in [2.05, 4.69) is 37.2 Å². The van der Waals surface area contributed by atoms with Crippen LogP contribution in [0.2, 0.25) is 10.0 Å². The molecule has 0 spiro atoms. The number of aliphatic hydroxyl groups excluding tert-OH is 6. The average molecular weight is 1840 g/mol. The van der Waals surface area contributed by atoms with Gasteiger partial charge in [0, 0.05) is 73.4 Å². The number of anilines is 1. The number of carbonyl (C=O) groups is 9. The van der Waals surface area contributed by atoms with Crippen molar-refractivity contribution >= 4 is 81.8 Å². The number of carbonyl (C=O) groups excluding carboxylic acids is 9. The van der Waals surface area contributed by atoms with Crippen LogP contribution in [0.15, 0.2) is 97.1 Å². The average Bonchev–Trinajstić information content (AvgIpc) is 0.753. The molecule has 4 saturated carbocycles. The van der Waals surface area contributed by atoms with Gasteiger partial charge < -0.3 is 121 Å². The van der Waals surface area contributed by atoms with E-state index in [9.17, 15) is 55.5 Å². The molecule has 4 aliphatic carbocycles. The van der Waals surface area contributed by atoms with Gasteiger partial charge in [0.2, 0.25) is 41.6 Å². The van der Waals surface area contributed by atoms with E-state index in [1.165, 1.54) is 62.4 Å². The van der Waals surface area contributed by atoms with Crippen LogP contribution in [-0.2, 0) is 52.6 Å². The second-order valence-corrected chi connectivity index (χ2v) is 37.2. The van der Waals surface area contributed by atoms with Gasteiger partial charge in [0.1, 0.15) is 102 Å². The molecule has 6 fully saturated rings. The van der Waals surface area contributed by atoms with Gasteiger partial charge in [-0.2, -0.15) is 0 Å². The van der Waals surface area contributed by atoms with Gasteiger partial charge in [0.15, 0.2) is 41.2 Å². The lowest BCUT2D eigenvalue weighted by Crippen LogP contribution is -2.64. The molecule has 7 amide bonds. The summed E-state index contributed by atoms with van der Waals surface area (Å²) in [5.74, 6) is -16.1. The Balaban J connectivity index is 0.957. The summed E-state index contributed by atoms with van der Waals surface area (Å²) >= 11 is 14.6. The Morgan fingerprint density at radius 3 is 1.99 bits per heavy atom. The molecule has 0 aromatic heterocycles. The van der Waals surface area contributed by atoms with Gasteiger partial charge in [-0.3, -0.25) is 43.7 Å². The molecular formula is C94H114Cl2N8O26. The number of amides is 7. The summed E-state index contributed by atoms with van der Waals surface area (Å²) in [5, 5.41) is 126. The number of aliphatic hydroxyl groups is 6. The molecule has 130 heavy (non-hydrogen) atoms. The molecule has 6 aromatic rings. The van der Waals surface area contributed by atoms with Crippen LogP contribution in [0.5, 0.6) is 57.5 Å². The fourth-order valence-corrected chi connectivity index (χ4v) is 20.2. The van der Waals surface area contributed by atoms with Crippen molar-refractivity contribution < 1.29 is 127 Å². The molecule has 2 saturated heterocycles. The van der Waals surface area contributed by atoms with Crippen molar-refractivity contribution in [3.8, 4) is 68.6 Å². The first-order valence-corrected chi connectivity index (χ1v) is 45.1. The number of Topliss-reactive ketones (excluding diaryl/α,β-unsaturated/α-hetero) is 3. The van der Waals surface area contributed by atoms with Crippen molar-refractivity contribution in [1.82, 2.24) is 31.9 Å². The molecule has 15 bridgehead atoms. The number of ketones is 3. The number of benzene rings is 6. The zero-order valence-corrected chi connectivity index (χ0v) is 74.6. The van der Waals surface area contributed by atoms with Gasteiger partial charge in [0.25, 0.3) is 0 Å². The number of urea groups is 1. The number of hydrogen-bond acceptors (Lipinski definition) is 28. The molecule has 7 heterocycles. The number of phenols is 3. The summed E-state index contributed by atoms with van der Waals surface area (Å²) in [6, 6.07) is 10.4. The van der Waals surface area contributed by atoms with Gasteiger partial charge in [-0.25, -0.2) is 4.79 Å². The molecule has 6 aromatic carbocycles. The van der Waals surface area contributed by atoms with Crippen molar-refractivity contribution in [1.29, 1.82) is 0 Å². The number of halogens is 2. The number of phenolic OH excluding ortho intramolecular Hbond substituents is 3. The van der Waals surface area contributed by atoms with Crippen molar-refractivity contribution in [2.24, 2.45) is 53.1 Å². The number of ether oxygens (including phenoxy) is 8. The number of imide groups is 1. The number of fused-ring (bicyclic) bond motifs is 15. The highest BCUT2D eigenvalue weighted by atomic mass is 35.5. The Morgan fingerprint density at radius 1 is 0.692 bits per heavy atom. The molecule has 34 nitrogen and oxygen atoms in total. The molecule has 11 aliphatic rings. The maximum atomic E-state index is 16.9. The van der Waals surface area contributed by atoms with E-state index in [1.807, 2.05) is 20.8 Å². The summed E-state index contributed by atoms with van der Waals surface area (Å²) < 4.78 is 51.3. The third-order valence-electron chi connectivity index (χ3n) is 26.4. The largest absolute Gasteiger partial charge is 0.508 e. The topological polar surface area (TPSA) is 520 Å². The Bertz CT molecular complexity index is 5220. The standard InChI is InChI=1S/C94H114Cl2N8O26/c1-8-10-20-124-70-18-14-55(123-21-19-98-7)37-62(70)99-93(122)100-74(112)34-53-31-65(109)79(103-88(118)46(9-2)22-42(3)4)81(113)48-12-16-68(60(95)29-48)126-71-32-52-33-72(85(71)130-92-86(84(116)83(115)73(41-105)128-92)129-75-40-94(6,97)87(117)43(5)125-75)127-69-17-13-49(30-61(69)96)82(114)80-91(121)102-78(67(111)38-56-50-24-44-23-45(26-50)27-51(56)25-44)59-35-54(106)36-64(108)76(59)58-28-47(11-15-63(58)107)57(90(120)104-80)39-66(110)77(52)101-89(53)119/h11-18,28-30,32-33,35-37,42-46,50-51,53,56-57,73,75,77-84,86-87,92,98,105-108,113-117H,8-10,19-27,31,34,38-41,97H2,1-7H3,(H,101,119)(H,102,121)(H,103,118)(H,104,120)(H2,99,100,112,122)/t43-,44?,45?,46+,50?,51?,53-,56?,57+,73+,75-,77+,78-,79-,80-,81+,82+,83+,84-,86+,87+,92-,94-/m0/s1. The second-order valence-electron chi connectivity index (χ2n) is 36.3. The quantitative estimate of drug-likeness (QED) is 0.0251. The number of hydrogen-bond donors (Lipinski definition) is 17. The number of aromatic hydroxyl groups is 3. The summed E-state index contributed by atoms with van der Waals surface area (Å²) in [6.07, 6.45) is -14.5. The van der Waals surface area contributed by atoms with Crippen LogP contribution in [-0.4, -0.2) is 199 Å². The Hall–Kier alpha value is -10.3. The van der Waals surface area contributed by atoms with Crippen LogP contribution in [0.25, 0.3) is 11.1 Å². The van der Waals surface area contributed by atoms with Crippen molar-refractivity contribution in [3.63, 3.8) is 0 Å². The summed E-state index contributed by atoms with van der Waals surface area (Å²) in [5.41, 5.74) is 3.53. The molecule has 7 aliphatic heterocycles. The highest BCUT2D eigenvalue weighted by molar-refractivity contribution is 6.32. The number of nitrogens with two attached hydrogens (primary N) is 1. The predicted molar refractivity (Wildman–Crippen MR) is 470 cm³/mol. The smallest absolute Gasteiger partial charge is 0.325 e. The first-order valence-electron chi connectivity index (χ1n) is 44.4. The van der Waals surface area contributed by atoms with Crippen molar-refractivity contribution in [2.75, 3.05) is 38.7 Å². The van der Waals surface area contributed by atoms with Gasteiger partial charge >= 0.3 is 6.03 Å². The van der Waals surface area contributed by atoms with Crippen LogP contribution in [0, 0.1) is 47.3 Å². The summed E-state index contributed by atoms with van der Waals surface area (Å²) in [4.78, 5) is 141. The van der Waals surface area contributed by atoms with Crippen molar-refractivity contribution in [2.45, 2.75) is 228 Å². The zero-order chi connectivity index (χ0) is 93.2. The first-order chi connectivity index (χ1) is 62.0. The minimum absolute atomic E-state index is 0.0418. The number of rotatable bonds is 24. The van der Waals surface area contributed by atoms with E-state index in [0.29, 0.717) is 37.0 Å². The van der Waals surface area contributed by atoms with Crippen LogP contribution < -0.4 is 66.6 Å². The van der Waals surface area contributed by atoms with Gasteiger partial charge in [-0.15, -0.1) is 0 Å². The fraction of sp³-hybridized carbons (Fsp3) is 0.521. The lowest BCUT2D eigenvalue weighted by Gasteiger charge is -2.54. The van der Waals surface area contributed by atoms with Crippen molar-refractivity contribution in [3.05, 3.63) is 135 Å². The number of unbranched alkanes of at least 4 members (excludes halogenated alkanes) is 1. The first kappa shape index (κ1) is 95.8. The molecule has 36 heteroatoms. The van der Waals surface area contributed by atoms with E-state index in [-0.39, 0.29) is 123 Å². The fourth-order valence-electron chi connectivity index (χ4n) is 19.7. The third-order valence-corrected chi connectivity index (χ3v) is 27.0. The van der Waals surface area contributed by atoms with E-state index in [4.69, 9.17) is 66.8 Å². The zero-order valence-electron chi connectivity index (χ0n) is 73.0. The Labute approximate surface area is 760 Å². The lowest BCUT2D eigenvalue weighted by atomic mass is 9.51. The van der Waals surface area contributed by atoms with Crippen LogP contribution in [0.3, 0.4) is 0 Å². The SMILES string of the molecule is CCCCOc1ccc(OCCNC)cc1NC(=O)NC(=O)C[C@@H]1CC(=O)[C@H](NC(=O)[C@H](CC)CC(C)C)[C@H](O)c2ccc(c(Cl)c2)Oc2cc3cc(c2O[C@@H]2O[C@H](CO)[C@@H](O)[C@H](O)[C@H]2O[C@H]2C[C@](C)(N)[C@H](O)[C@H](C)O2)Oc2ccc(cc2Cl)[C@@H](O)[C@@H]2NC(=O)[C@H](CC(=O)[C@@H]3NC1=O)c1ccc(O)c(c1)-c1c(O)cc(O)cc1[C@@H](C(=O)CC1C3CC4CC(C3)CC1C4)NC2=O. The van der Waals surface area contributed by atoms with E-state index < -0.39 is 228 Å². The Kier molecular flexibility index (Phi) is 30.1. The normalized spacial score (nSPS) is 29.7. The highest BCUT2D eigenvalue weighted by Crippen LogP contribution is 2.59. The second kappa shape index (κ2) is 40.8. The summed E-state index contributed by atoms with van der Waals surface area (Å²) in [7, 11) is 1.73. The maximum Gasteiger partial charge on any atom is 0.325 e. The van der Waals surface area contributed by atoms with Crippen LogP contribution >= 0.6 is 23.2 Å².